The van der Waals surface area contributed by atoms with Crippen LogP contribution < -0.4 is 0 Å². The monoisotopic (exact) mass is 355 g/mol. The topological polar surface area (TPSA) is 40.5 Å². The average molecular weight is 356 g/mol. The minimum absolute atomic E-state index is 0.0698. The van der Waals surface area contributed by atoms with Crippen molar-refractivity contribution in [2.45, 2.75) is 37.4 Å². The summed E-state index contributed by atoms with van der Waals surface area (Å²) in [6, 6.07) is 20.5. The van der Waals surface area contributed by atoms with E-state index in [4.69, 9.17) is 0 Å². The van der Waals surface area contributed by atoms with Gasteiger partial charge in [-0.05, 0) is 30.5 Å². The fraction of sp³-hybridized carbons (Fsp3) is 0.381. The summed E-state index contributed by atoms with van der Waals surface area (Å²) in [6.45, 7) is 4.53. The molecule has 2 aromatic rings. The van der Waals surface area contributed by atoms with Crippen molar-refractivity contribution in [1.82, 2.24) is 4.90 Å². The van der Waals surface area contributed by atoms with E-state index < -0.39 is 6.10 Å². The summed E-state index contributed by atoms with van der Waals surface area (Å²) in [7, 11) is 0. The van der Waals surface area contributed by atoms with Crippen LogP contribution in [-0.2, 0) is 11.3 Å². The van der Waals surface area contributed by atoms with Crippen LogP contribution in [-0.4, -0.2) is 33.8 Å². The molecular formula is C21H25NO2S. The quantitative estimate of drug-likeness (QED) is 0.606. The Morgan fingerprint density at radius 3 is 2.24 bits per heavy atom. The number of nitrogens with zero attached hydrogens (tertiary/aromatic N) is 1. The highest BCUT2D eigenvalue weighted by atomic mass is 32.2. The van der Waals surface area contributed by atoms with Crippen molar-refractivity contribution < 1.29 is 9.90 Å². The molecule has 1 fully saturated rings. The third-order valence-electron chi connectivity index (χ3n) is 4.85. The summed E-state index contributed by atoms with van der Waals surface area (Å²) in [5.41, 5.74) is 1.13. The number of carbonyl (C=O) groups is 1. The zero-order valence-corrected chi connectivity index (χ0v) is 15.5. The third kappa shape index (κ3) is 4.07. The Morgan fingerprint density at radius 1 is 1.04 bits per heavy atom. The highest BCUT2D eigenvalue weighted by molar-refractivity contribution is 7.99. The molecule has 1 heterocycles. The molecule has 4 heteroatoms. The van der Waals surface area contributed by atoms with Gasteiger partial charge in [0.25, 0.3) is 0 Å². The van der Waals surface area contributed by atoms with Gasteiger partial charge >= 0.3 is 0 Å². The second-order valence-electron chi connectivity index (χ2n) is 6.81. The molecule has 3 rings (SSSR count). The smallest absolute Gasteiger partial charge is 0.230 e. The number of benzene rings is 2. The second kappa shape index (κ2) is 8.07. The van der Waals surface area contributed by atoms with Crippen LogP contribution in [0, 0.1) is 11.8 Å². The Kier molecular flexibility index (Phi) is 5.82. The minimum atomic E-state index is -0.603. The van der Waals surface area contributed by atoms with E-state index in [9.17, 15) is 9.90 Å². The molecule has 0 saturated carbocycles. The molecule has 0 spiro atoms. The lowest BCUT2D eigenvalue weighted by atomic mass is 9.77. The molecule has 25 heavy (non-hydrogen) atoms. The van der Waals surface area contributed by atoms with Crippen molar-refractivity contribution in [2.24, 2.45) is 11.8 Å². The predicted octanol–water partition coefficient (Wildman–Crippen LogP) is 3.82. The van der Waals surface area contributed by atoms with Gasteiger partial charge in [-0.25, -0.2) is 0 Å². The third-order valence-corrected chi connectivity index (χ3v) is 6.15. The first kappa shape index (κ1) is 18.0. The Balaban J connectivity index is 1.68. The molecule has 2 aromatic carbocycles. The highest BCUT2D eigenvalue weighted by Gasteiger charge is 2.51. The maximum atomic E-state index is 12.6. The average Bonchev–Trinajstić information content (AvgIpc) is 2.63. The summed E-state index contributed by atoms with van der Waals surface area (Å²) in [5.74, 6) is 1.03. The van der Waals surface area contributed by atoms with Crippen LogP contribution in [0.3, 0.4) is 0 Å². The van der Waals surface area contributed by atoms with Gasteiger partial charge in [0.05, 0.1) is 12.0 Å². The summed E-state index contributed by atoms with van der Waals surface area (Å²) in [5, 5.41) is 10.1. The van der Waals surface area contributed by atoms with Gasteiger partial charge in [0.1, 0.15) is 0 Å². The zero-order valence-electron chi connectivity index (χ0n) is 14.7. The van der Waals surface area contributed by atoms with Crippen molar-refractivity contribution in [3.63, 3.8) is 0 Å². The molecule has 0 radical (unpaired) electrons. The number of β-lactam (4-membered cyclic amide) rings is 1. The number of hydrogen-bond donors (Lipinski definition) is 1. The molecule has 0 aromatic heterocycles. The van der Waals surface area contributed by atoms with Crippen LogP contribution in [0.4, 0.5) is 0 Å². The molecule has 1 aliphatic heterocycles. The van der Waals surface area contributed by atoms with E-state index in [-0.39, 0.29) is 17.9 Å². The molecule has 3 nitrogen and oxygen atoms in total. The van der Waals surface area contributed by atoms with Gasteiger partial charge in [0.2, 0.25) is 5.91 Å². The molecule has 1 N–H and O–H groups in total. The maximum absolute atomic E-state index is 12.6. The first-order valence-corrected chi connectivity index (χ1v) is 9.77. The van der Waals surface area contributed by atoms with Crippen LogP contribution in [0.2, 0.25) is 0 Å². The maximum Gasteiger partial charge on any atom is 0.230 e. The standard InChI is InChI=1S/C21H25NO2S/c1-15(14-25-18-11-7-4-8-12-18)20-19(16(2)23)21(24)22(20)13-17-9-5-3-6-10-17/h3-12,15-16,19-20,23H,13-14H2,1-2H3. The number of likely N-dealkylation sites (tertiary alicyclic amines) is 1. The van der Waals surface area contributed by atoms with E-state index in [2.05, 4.69) is 19.1 Å². The molecule has 1 amide bonds. The molecule has 0 bridgehead atoms. The van der Waals surface area contributed by atoms with E-state index in [1.165, 1.54) is 4.90 Å². The van der Waals surface area contributed by atoms with Crippen LogP contribution in [0.15, 0.2) is 65.6 Å². The van der Waals surface area contributed by atoms with Gasteiger partial charge in [0.15, 0.2) is 0 Å². The Bertz CT molecular complexity index is 690. The van der Waals surface area contributed by atoms with E-state index in [0.717, 1.165) is 11.3 Å². The minimum Gasteiger partial charge on any atom is -0.393 e. The summed E-state index contributed by atoms with van der Waals surface area (Å²) in [6.07, 6.45) is -0.603. The number of thioether (sulfide) groups is 1. The van der Waals surface area contributed by atoms with Gasteiger partial charge in [-0.2, -0.15) is 0 Å². The van der Waals surface area contributed by atoms with Crippen LogP contribution in [0.1, 0.15) is 19.4 Å². The highest BCUT2D eigenvalue weighted by Crippen LogP contribution is 2.38. The summed E-state index contributed by atoms with van der Waals surface area (Å²) < 4.78 is 0. The molecule has 4 atom stereocenters. The molecule has 1 aliphatic rings. The Morgan fingerprint density at radius 2 is 1.64 bits per heavy atom. The van der Waals surface area contributed by atoms with E-state index >= 15 is 0 Å². The Hall–Kier alpha value is -1.78. The zero-order chi connectivity index (χ0) is 17.8. The number of amides is 1. The van der Waals surface area contributed by atoms with Crippen molar-refractivity contribution in [3.05, 3.63) is 66.2 Å². The molecule has 0 aliphatic carbocycles. The number of carbonyl (C=O) groups excluding carboxylic acids is 1. The predicted molar refractivity (Wildman–Crippen MR) is 102 cm³/mol. The van der Waals surface area contributed by atoms with Crippen molar-refractivity contribution in [1.29, 1.82) is 0 Å². The van der Waals surface area contributed by atoms with Crippen molar-refractivity contribution in [3.8, 4) is 0 Å². The Labute approximate surface area is 154 Å². The van der Waals surface area contributed by atoms with Crippen molar-refractivity contribution >= 4 is 17.7 Å². The summed E-state index contributed by atoms with van der Waals surface area (Å²) >= 11 is 1.81. The number of aliphatic hydroxyl groups is 1. The van der Waals surface area contributed by atoms with Crippen LogP contribution in [0.25, 0.3) is 0 Å². The first-order valence-electron chi connectivity index (χ1n) is 8.78. The first-order chi connectivity index (χ1) is 12.1. The second-order valence-corrected chi connectivity index (χ2v) is 7.90. The fourth-order valence-corrected chi connectivity index (χ4v) is 4.56. The van der Waals surface area contributed by atoms with Gasteiger partial charge in [-0.3, -0.25) is 4.79 Å². The normalized spacial score (nSPS) is 22.4. The molecule has 132 valence electrons. The lowest BCUT2D eigenvalue weighted by Crippen LogP contribution is -2.66. The van der Waals surface area contributed by atoms with E-state index in [0.29, 0.717) is 12.5 Å². The van der Waals surface area contributed by atoms with Crippen molar-refractivity contribution in [2.75, 3.05) is 5.75 Å². The van der Waals surface area contributed by atoms with Gasteiger partial charge in [-0.15, -0.1) is 11.8 Å². The largest absolute Gasteiger partial charge is 0.393 e. The van der Waals surface area contributed by atoms with Gasteiger partial charge in [-0.1, -0.05) is 55.5 Å². The van der Waals surface area contributed by atoms with E-state index in [1.54, 1.807) is 6.92 Å². The van der Waals surface area contributed by atoms with Gasteiger partial charge in [0, 0.05) is 23.2 Å². The van der Waals surface area contributed by atoms with E-state index in [1.807, 2.05) is 65.2 Å². The lowest BCUT2D eigenvalue weighted by molar-refractivity contribution is -0.169. The lowest BCUT2D eigenvalue weighted by Gasteiger charge is -2.51. The van der Waals surface area contributed by atoms with Gasteiger partial charge < -0.3 is 10.0 Å². The molecular weight excluding hydrogens is 330 g/mol. The SMILES string of the molecule is CC(O)C1C(=O)N(Cc2ccccc2)C1C(C)CSc1ccccc1. The number of aliphatic hydroxyl groups excluding tert-OH is 1. The fourth-order valence-electron chi connectivity index (χ4n) is 3.56. The van der Waals surface area contributed by atoms with Crippen LogP contribution in [0.5, 0.6) is 0 Å². The number of rotatable bonds is 7. The van der Waals surface area contributed by atoms with Crippen LogP contribution >= 0.6 is 11.8 Å². The molecule has 4 unspecified atom stereocenters. The summed E-state index contributed by atoms with van der Waals surface area (Å²) in [4.78, 5) is 15.7. The molecule has 1 saturated heterocycles. The number of hydrogen-bond acceptors (Lipinski definition) is 3.